The number of benzene rings is 1. The minimum absolute atomic E-state index is 0.804. The third kappa shape index (κ3) is 2.50. The van der Waals surface area contributed by atoms with E-state index in [1.54, 1.807) is 10.8 Å². The molecule has 1 heterocycles. The highest BCUT2D eigenvalue weighted by Gasteiger charge is 2.01. The van der Waals surface area contributed by atoms with Crippen molar-refractivity contribution in [2.75, 3.05) is 0 Å². The van der Waals surface area contributed by atoms with Gasteiger partial charge in [-0.15, -0.1) is 10.2 Å². The lowest BCUT2D eigenvalue weighted by Gasteiger charge is -1.92. The third-order valence-electron chi connectivity index (χ3n) is 1.38. The quantitative estimate of drug-likeness (QED) is 0.460. The second kappa shape index (κ2) is 4.34. The van der Waals surface area contributed by atoms with E-state index < -0.39 is 0 Å². The summed E-state index contributed by atoms with van der Waals surface area (Å²) in [4.78, 5) is 0. The summed E-state index contributed by atoms with van der Waals surface area (Å²) in [5.74, 6) is 0.804. The standard InChI is InChI=1S/C8H7N3S2/c1-2-4-7(5-3-1)9-10-8-6-12-13-11-8/h1-6,11H. The summed E-state index contributed by atoms with van der Waals surface area (Å²) < 4.78 is 3.01. The molecule has 1 aromatic rings. The Morgan fingerprint density at radius 2 is 1.92 bits per heavy atom. The van der Waals surface area contributed by atoms with Gasteiger partial charge in [0.05, 0.1) is 5.69 Å². The summed E-state index contributed by atoms with van der Waals surface area (Å²) in [5.41, 5.74) is 0.868. The molecule has 0 aliphatic carbocycles. The fourth-order valence-electron chi connectivity index (χ4n) is 0.811. The van der Waals surface area contributed by atoms with Gasteiger partial charge < -0.3 is 4.72 Å². The van der Waals surface area contributed by atoms with Gasteiger partial charge in [0.2, 0.25) is 0 Å². The third-order valence-corrected chi connectivity index (χ3v) is 2.92. The van der Waals surface area contributed by atoms with Gasteiger partial charge in [-0.2, -0.15) is 0 Å². The van der Waals surface area contributed by atoms with E-state index in [0.717, 1.165) is 11.5 Å². The summed E-state index contributed by atoms with van der Waals surface area (Å²) in [5, 5.41) is 10.0. The molecule has 2 rings (SSSR count). The Kier molecular flexibility index (Phi) is 2.89. The molecule has 66 valence electrons. The van der Waals surface area contributed by atoms with Crippen LogP contribution < -0.4 is 4.72 Å². The van der Waals surface area contributed by atoms with Crippen LogP contribution in [-0.2, 0) is 0 Å². The van der Waals surface area contributed by atoms with Gasteiger partial charge in [0.15, 0.2) is 5.82 Å². The van der Waals surface area contributed by atoms with Crippen molar-refractivity contribution in [3.05, 3.63) is 41.6 Å². The fraction of sp³-hybridized carbons (Fsp3) is 0. The van der Waals surface area contributed by atoms with Crippen molar-refractivity contribution in [3.63, 3.8) is 0 Å². The molecule has 1 N–H and O–H groups in total. The van der Waals surface area contributed by atoms with E-state index in [1.165, 1.54) is 11.0 Å². The molecular formula is C8H7N3S2. The predicted octanol–water partition coefficient (Wildman–Crippen LogP) is 3.47. The molecule has 5 heteroatoms. The molecular weight excluding hydrogens is 202 g/mol. The van der Waals surface area contributed by atoms with Gasteiger partial charge in [-0.25, -0.2) is 0 Å². The average Bonchev–Trinajstić information content (AvgIpc) is 2.69. The monoisotopic (exact) mass is 209 g/mol. The molecule has 0 amide bonds. The highest BCUT2D eigenvalue weighted by molar-refractivity contribution is 8.77. The molecule has 0 fully saturated rings. The summed E-state index contributed by atoms with van der Waals surface area (Å²) in [7, 11) is 3.14. The van der Waals surface area contributed by atoms with Gasteiger partial charge >= 0.3 is 0 Å². The first kappa shape index (κ1) is 8.65. The van der Waals surface area contributed by atoms with Gasteiger partial charge in [-0.3, -0.25) is 0 Å². The van der Waals surface area contributed by atoms with E-state index in [9.17, 15) is 0 Å². The van der Waals surface area contributed by atoms with Crippen molar-refractivity contribution in [3.8, 4) is 0 Å². The van der Waals surface area contributed by atoms with Crippen molar-refractivity contribution in [1.29, 1.82) is 0 Å². The largest absolute Gasteiger partial charge is 0.303 e. The maximum atomic E-state index is 4.06. The molecule has 0 saturated carbocycles. The van der Waals surface area contributed by atoms with Crippen molar-refractivity contribution in [2.24, 2.45) is 10.2 Å². The first-order valence-corrected chi connectivity index (χ1v) is 5.92. The Labute approximate surface area is 84.2 Å². The highest BCUT2D eigenvalue weighted by Crippen LogP contribution is 2.29. The zero-order valence-corrected chi connectivity index (χ0v) is 8.31. The van der Waals surface area contributed by atoms with Gasteiger partial charge in [-0.1, -0.05) is 18.2 Å². The first-order chi connectivity index (χ1) is 6.45. The van der Waals surface area contributed by atoms with Crippen LogP contribution in [0, 0.1) is 0 Å². The summed E-state index contributed by atoms with van der Waals surface area (Å²) >= 11 is 0. The van der Waals surface area contributed by atoms with E-state index in [1.807, 2.05) is 35.7 Å². The van der Waals surface area contributed by atoms with Crippen LogP contribution in [0.3, 0.4) is 0 Å². The molecule has 0 unspecified atom stereocenters. The van der Waals surface area contributed by atoms with Crippen molar-refractivity contribution in [1.82, 2.24) is 4.72 Å². The Balaban J connectivity index is 2.05. The Hall–Kier alpha value is -0.940. The molecule has 3 nitrogen and oxygen atoms in total. The molecule has 1 aliphatic heterocycles. The highest BCUT2D eigenvalue weighted by atomic mass is 33.1. The second-order valence-corrected chi connectivity index (χ2v) is 4.20. The maximum Gasteiger partial charge on any atom is 0.166 e. The first-order valence-electron chi connectivity index (χ1n) is 3.70. The van der Waals surface area contributed by atoms with E-state index in [-0.39, 0.29) is 0 Å². The zero-order valence-electron chi connectivity index (χ0n) is 6.68. The second-order valence-electron chi connectivity index (χ2n) is 2.32. The molecule has 0 saturated heterocycles. The molecule has 0 bridgehead atoms. The lowest BCUT2D eigenvalue weighted by molar-refractivity contribution is 1.06. The van der Waals surface area contributed by atoms with Crippen LogP contribution in [0.5, 0.6) is 0 Å². The number of azo groups is 1. The summed E-state index contributed by atoms with van der Waals surface area (Å²) in [6.07, 6.45) is 0. The van der Waals surface area contributed by atoms with Gasteiger partial charge in [0, 0.05) is 16.4 Å². The van der Waals surface area contributed by atoms with E-state index in [0.29, 0.717) is 0 Å². The smallest absolute Gasteiger partial charge is 0.166 e. The van der Waals surface area contributed by atoms with Crippen LogP contribution >= 0.6 is 21.8 Å². The molecule has 0 radical (unpaired) electrons. The predicted molar refractivity (Wildman–Crippen MR) is 57.4 cm³/mol. The number of nitrogens with one attached hydrogen (secondary N) is 1. The van der Waals surface area contributed by atoms with E-state index in [4.69, 9.17) is 0 Å². The fourth-order valence-corrected chi connectivity index (χ4v) is 2.18. The minimum Gasteiger partial charge on any atom is -0.303 e. The topological polar surface area (TPSA) is 36.8 Å². The molecule has 1 aliphatic rings. The van der Waals surface area contributed by atoms with Gasteiger partial charge in [0.25, 0.3) is 0 Å². The van der Waals surface area contributed by atoms with Gasteiger partial charge in [0.1, 0.15) is 0 Å². The Morgan fingerprint density at radius 1 is 1.08 bits per heavy atom. The minimum atomic E-state index is 0.804. The van der Waals surface area contributed by atoms with E-state index >= 15 is 0 Å². The molecule has 1 aromatic carbocycles. The van der Waals surface area contributed by atoms with Crippen LogP contribution in [0.4, 0.5) is 5.69 Å². The van der Waals surface area contributed by atoms with Crippen molar-refractivity contribution in [2.45, 2.75) is 0 Å². The Bertz CT molecular complexity index is 335. The van der Waals surface area contributed by atoms with E-state index in [2.05, 4.69) is 15.0 Å². The van der Waals surface area contributed by atoms with Crippen LogP contribution in [0.15, 0.2) is 51.8 Å². The maximum absolute atomic E-state index is 4.06. The SMILES string of the molecule is C1=C(N=Nc2ccccc2)NSS1. The van der Waals surface area contributed by atoms with Gasteiger partial charge in [-0.05, 0) is 22.9 Å². The average molecular weight is 209 g/mol. The van der Waals surface area contributed by atoms with Crippen LogP contribution in [0.2, 0.25) is 0 Å². The number of hydrogen-bond acceptors (Lipinski definition) is 5. The molecule has 13 heavy (non-hydrogen) atoms. The molecule has 0 atom stereocenters. The number of hydrogen-bond donors (Lipinski definition) is 1. The lowest BCUT2D eigenvalue weighted by Crippen LogP contribution is -1.91. The molecule has 0 spiro atoms. The summed E-state index contributed by atoms with van der Waals surface area (Å²) in [6, 6.07) is 9.67. The van der Waals surface area contributed by atoms with Crippen LogP contribution in [0.25, 0.3) is 0 Å². The normalized spacial score (nSPS) is 15.8. The number of rotatable bonds is 2. The molecule has 0 aromatic heterocycles. The zero-order chi connectivity index (χ0) is 8.93. The van der Waals surface area contributed by atoms with Crippen molar-refractivity contribution < 1.29 is 0 Å². The summed E-state index contributed by atoms with van der Waals surface area (Å²) in [6.45, 7) is 0. The Morgan fingerprint density at radius 3 is 2.62 bits per heavy atom. The van der Waals surface area contributed by atoms with Crippen LogP contribution in [-0.4, -0.2) is 0 Å². The number of nitrogens with zero attached hydrogens (tertiary/aromatic N) is 2. The van der Waals surface area contributed by atoms with Crippen molar-refractivity contribution >= 4 is 27.5 Å². The lowest BCUT2D eigenvalue weighted by atomic mass is 10.3. The van der Waals surface area contributed by atoms with Crippen LogP contribution in [0.1, 0.15) is 0 Å².